The number of nitrogens with zero attached hydrogens (tertiary/aromatic N) is 4. The van der Waals surface area contributed by atoms with E-state index in [1.165, 1.54) is 11.3 Å². The van der Waals surface area contributed by atoms with Crippen molar-refractivity contribution in [3.63, 3.8) is 0 Å². The van der Waals surface area contributed by atoms with Crippen LogP contribution in [0.2, 0.25) is 0 Å². The number of piperazine rings is 1. The third kappa shape index (κ3) is 4.62. The van der Waals surface area contributed by atoms with Crippen LogP contribution in [-0.4, -0.2) is 96.2 Å². The van der Waals surface area contributed by atoms with Gasteiger partial charge in [-0.1, -0.05) is 6.07 Å². The third-order valence-corrected chi connectivity index (χ3v) is 5.90. The quantitative estimate of drug-likeness (QED) is 0.772. The lowest BCUT2D eigenvalue weighted by Crippen LogP contribution is -2.52. The number of amides is 3. The smallest absolute Gasteiger partial charge is 0.263 e. The molecule has 0 spiro atoms. The fraction of sp³-hybridized carbons (Fsp3) is 0.611. The summed E-state index contributed by atoms with van der Waals surface area (Å²) in [7, 11) is 0. The average Bonchev–Trinajstić information content (AvgIpc) is 3.08. The monoisotopic (exact) mass is 378 g/mol. The van der Waals surface area contributed by atoms with Crippen LogP contribution in [0.4, 0.5) is 0 Å². The predicted octanol–water partition coefficient (Wildman–Crippen LogP) is 0.587. The fourth-order valence-corrected chi connectivity index (χ4v) is 4.14. The molecule has 0 aliphatic carbocycles. The van der Waals surface area contributed by atoms with Crippen molar-refractivity contribution in [1.82, 2.24) is 19.6 Å². The number of rotatable bonds is 3. The number of carbonyl (C=O) groups excluding carboxylic acids is 3. The number of thiophene rings is 1. The van der Waals surface area contributed by atoms with Crippen molar-refractivity contribution in [2.45, 2.75) is 13.3 Å². The highest BCUT2D eigenvalue weighted by Gasteiger charge is 2.26. The molecule has 1 aromatic heterocycles. The van der Waals surface area contributed by atoms with E-state index in [0.29, 0.717) is 39.3 Å². The van der Waals surface area contributed by atoms with Gasteiger partial charge in [-0.25, -0.2) is 0 Å². The summed E-state index contributed by atoms with van der Waals surface area (Å²) in [5.74, 6) is 0.278. The fourth-order valence-electron chi connectivity index (χ4n) is 3.45. The topological polar surface area (TPSA) is 64.2 Å². The van der Waals surface area contributed by atoms with Crippen molar-refractivity contribution in [2.75, 3.05) is 58.9 Å². The van der Waals surface area contributed by atoms with Crippen LogP contribution in [0.1, 0.15) is 23.0 Å². The van der Waals surface area contributed by atoms with Gasteiger partial charge in [0.05, 0.1) is 11.4 Å². The highest BCUT2D eigenvalue weighted by Crippen LogP contribution is 2.14. The molecule has 7 nitrogen and oxygen atoms in total. The molecule has 0 aromatic carbocycles. The molecule has 1 aromatic rings. The van der Waals surface area contributed by atoms with E-state index in [4.69, 9.17) is 0 Å². The highest BCUT2D eigenvalue weighted by molar-refractivity contribution is 7.12. The Morgan fingerprint density at radius 2 is 1.62 bits per heavy atom. The molecule has 0 radical (unpaired) electrons. The van der Waals surface area contributed by atoms with Crippen LogP contribution in [0, 0.1) is 0 Å². The average molecular weight is 378 g/mol. The first-order valence-electron chi connectivity index (χ1n) is 9.13. The molecule has 0 bridgehead atoms. The second-order valence-electron chi connectivity index (χ2n) is 6.79. The Morgan fingerprint density at radius 1 is 0.923 bits per heavy atom. The molecule has 3 amide bonds. The van der Waals surface area contributed by atoms with E-state index < -0.39 is 0 Å². The second kappa shape index (κ2) is 8.64. The molecule has 2 aliphatic rings. The molecule has 142 valence electrons. The van der Waals surface area contributed by atoms with Crippen molar-refractivity contribution < 1.29 is 14.4 Å². The van der Waals surface area contributed by atoms with E-state index >= 15 is 0 Å². The summed E-state index contributed by atoms with van der Waals surface area (Å²) < 4.78 is 0. The van der Waals surface area contributed by atoms with Gasteiger partial charge in [-0.15, -0.1) is 11.3 Å². The molecule has 2 aliphatic heterocycles. The van der Waals surface area contributed by atoms with Crippen molar-refractivity contribution in [3.05, 3.63) is 22.4 Å². The predicted molar refractivity (Wildman–Crippen MR) is 100 cm³/mol. The highest BCUT2D eigenvalue weighted by atomic mass is 32.1. The van der Waals surface area contributed by atoms with Crippen LogP contribution in [0.25, 0.3) is 0 Å². The molecule has 0 saturated carbocycles. The molecule has 8 heteroatoms. The third-order valence-electron chi connectivity index (χ3n) is 5.04. The Morgan fingerprint density at radius 3 is 2.27 bits per heavy atom. The maximum atomic E-state index is 12.6. The first kappa shape index (κ1) is 18.8. The van der Waals surface area contributed by atoms with Gasteiger partial charge in [-0.05, 0) is 17.9 Å². The lowest BCUT2D eigenvalue weighted by Gasteiger charge is -2.35. The van der Waals surface area contributed by atoms with Gasteiger partial charge in [0.2, 0.25) is 11.8 Å². The minimum Gasteiger partial charge on any atom is -0.339 e. The molecule has 3 rings (SSSR count). The van der Waals surface area contributed by atoms with Gasteiger partial charge < -0.3 is 14.7 Å². The van der Waals surface area contributed by atoms with Crippen LogP contribution in [0.15, 0.2) is 17.5 Å². The minimum atomic E-state index is 0.0696. The first-order valence-corrected chi connectivity index (χ1v) is 10.0. The van der Waals surface area contributed by atoms with Crippen LogP contribution in [0.5, 0.6) is 0 Å². The van der Waals surface area contributed by atoms with Gasteiger partial charge in [-0.2, -0.15) is 0 Å². The van der Waals surface area contributed by atoms with Crippen molar-refractivity contribution in [1.29, 1.82) is 0 Å². The minimum absolute atomic E-state index is 0.0696. The van der Waals surface area contributed by atoms with Crippen LogP contribution in [-0.2, 0) is 9.59 Å². The van der Waals surface area contributed by atoms with Crippen LogP contribution < -0.4 is 0 Å². The van der Waals surface area contributed by atoms with E-state index in [1.807, 2.05) is 27.3 Å². The zero-order valence-electron chi connectivity index (χ0n) is 15.2. The van der Waals surface area contributed by atoms with Gasteiger partial charge in [0.15, 0.2) is 0 Å². The molecular weight excluding hydrogens is 352 g/mol. The molecule has 0 unspecified atom stereocenters. The molecule has 2 fully saturated rings. The van der Waals surface area contributed by atoms with E-state index in [2.05, 4.69) is 4.90 Å². The number of carbonyl (C=O) groups is 3. The van der Waals surface area contributed by atoms with Gasteiger partial charge in [0.1, 0.15) is 0 Å². The summed E-state index contributed by atoms with van der Waals surface area (Å²) in [5, 5.41) is 1.92. The van der Waals surface area contributed by atoms with E-state index in [-0.39, 0.29) is 17.7 Å². The van der Waals surface area contributed by atoms with Gasteiger partial charge >= 0.3 is 0 Å². The van der Waals surface area contributed by atoms with Crippen molar-refractivity contribution in [3.8, 4) is 0 Å². The summed E-state index contributed by atoms with van der Waals surface area (Å²) >= 11 is 1.47. The molecule has 3 heterocycles. The first-order chi connectivity index (χ1) is 12.5. The zero-order chi connectivity index (χ0) is 18.5. The summed E-state index contributed by atoms with van der Waals surface area (Å²) in [6, 6.07) is 3.76. The normalized spacial score (nSPS) is 19.3. The van der Waals surface area contributed by atoms with Gasteiger partial charge in [-0.3, -0.25) is 19.3 Å². The van der Waals surface area contributed by atoms with Crippen LogP contribution in [0.3, 0.4) is 0 Å². The second-order valence-corrected chi connectivity index (χ2v) is 7.73. The maximum Gasteiger partial charge on any atom is 0.263 e. The van der Waals surface area contributed by atoms with Crippen molar-refractivity contribution >= 4 is 29.1 Å². The van der Waals surface area contributed by atoms with E-state index in [1.54, 1.807) is 11.8 Å². The molecule has 0 atom stereocenters. The summed E-state index contributed by atoms with van der Waals surface area (Å²) in [6.45, 7) is 7.34. The Balaban J connectivity index is 1.47. The summed E-state index contributed by atoms with van der Waals surface area (Å²) in [5.41, 5.74) is 0. The van der Waals surface area contributed by atoms with E-state index in [9.17, 15) is 14.4 Å². The van der Waals surface area contributed by atoms with Gasteiger partial charge in [0.25, 0.3) is 5.91 Å². The molecule has 26 heavy (non-hydrogen) atoms. The molecular formula is C18H26N4O3S. The summed E-state index contributed by atoms with van der Waals surface area (Å²) in [4.78, 5) is 44.9. The number of hydrogen-bond donors (Lipinski definition) is 0. The largest absolute Gasteiger partial charge is 0.339 e. The Labute approximate surface area is 158 Å². The molecule has 0 N–H and O–H groups in total. The maximum absolute atomic E-state index is 12.6. The Bertz CT molecular complexity index is 641. The zero-order valence-corrected chi connectivity index (χ0v) is 16.0. The van der Waals surface area contributed by atoms with Crippen LogP contribution >= 0.6 is 11.3 Å². The number of hydrogen-bond acceptors (Lipinski definition) is 5. The lowest BCUT2D eigenvalue weighted by molar-refractivity contribution is -0.139. The SMILES string of the molecule is CC(=O)N1CCN(C(=O)CN2CCCN(C(=O)c3cccs3)CC2)CC1. The summed E-state index contributed by atoms with van der Waals surface area (Å²) in [6.07, 6.45) is 0.877. The van der Waals surface area contributed by atoms with Crippen molar-refractivity contribution in [2.24, 2.45) is 0 Å². The standard InChI is InChI=1S/C18H26N4O3S/c1-15(23)20-9-11-21(12-10-20)17(24)14-19-5-3-6-22(8-7-19)18(25)16-4-2-13-26-16/h2,4,13H,3,5-12,14H2,1H3. The lowest BCUT2D eigenvalue weighted by atomic mass is 10.3. The Kier molecular flexibility index (Phi) is 6.26. The Hall–Kier alpha value is -1.93. The van der Waals surface area contributed by atoms with Gasteiger partial charge in [0, 0.05) is 59.3 Å². The molecule has 2 saturated heterocycles. The van der Waals surface area contributed by atoms with E-state index in [0.717, 1.165) is 30.9 Å².